The van der Waals surface area contributed by atoms with Gasteiger partial charge in [-0.25, -0.2) is 4.98 Å². The Balaban J connectivity index is 1.12. The van der Waals surface area contributed by atoms with Crippen molar-refractivity contribution < 1.29 is 24.6 Å². The molecule has 1 aromatic heterocycles. The van der Waals surface area contributed by atoms with Crippen LogP contribution in [0.25, 0.3) is 11.0 Å². The second-order valence-corrected chi connectivity index (χ2v) is 13.9. The van der Waals surface area contributed by atoms with Gasteiger partial charge in [0.05, 0.1) is 24.1 Å². The number of carbonyl (C=O) groups is 3. The lowest BCUT2D eigenvalue weighted by molar-refractivity contribution is -0.141. The smallest absolute Gasteiger partial charge is 0.317 e. The molecule has 1 amide bonds. The molecule has 2 aromatic rings. The molecule has 11 heteroatoms. The van der Waals surface area contributed by atoms with E-state index in [-0.39, 0.29) is 24.8 Å². The van der Waals surface area contributed by atoms with Crippen molar-refractivity contribution in [2.75, 3.05) is 26.2 Å². The highest BCUT2D eigenvalue weighted by molar-refractivity contribution is 5.93. The summed E-state index contributed by atoms with van der Waals surface area (Å²) in [5, 5.41) is 20.8. The van der Waals surface area contributed by atoms with E-state index in [0.717, 1.165) is 49.0 Å². The number of hydrogen-bond donors (Lipinski definition) is 3. The van der Waals surface area contributed by atoms with Gasteiger partial charge < -0.3 is 20.1 Å². The number of piperidine rings is 1. The molecule has 3 atom stereocenters. The van der Waals surface area contributed by atoms with Gasteiger partial charge in [-0.05, 0) is 94.1 Å². The Kier molecular flexibility index (Phi) is 7.28. The molecule has 0 unspecified atom stereocenters. The number of aromatic nitrogens is 2. The monoisotopic (exact) mass is 591 g/mol. The molecule has 6 bridgehead atoms. The van der Waals surface area contributed by atoms with Crippen LogP contribution in [-0.2, 0) is 9.59 Å². The molecule has 0 radical (unpaired) electrons. The third kappa shape index (κ3) is 5.24. The van der Waals surface area contributed by atoms with Gasteiger partial charge >= 0.3 is 11.9 Å². The van der Waals surface area contributed by atoms with E-state index in [1.807, 2.05) is 28.8 Å². The van der Waals surface area contributed by atoms with Gasteiger partial charge in [-0.3, -0.25) is 29.0 Å². The fourth-order valence-corrected chi connectivity index (χ4v) is 10.2. The van der Waals surface area contributed by atoms with Crippen LogP contribution in [0.4, 0.5) is 0 Å². The van der Waals surface area contributed by atoms with Crippen LogP contribution in [0.15, 0.2) is 29.1 Å². The number of fused-ring (bicyclic) bond motifs is 3. The summed E-state index contributed by atoms with van der Waals surface area (Å²) < 4.78 is 1.82. The first kappa shape index (κ1) is 28.5. The molecule has 11 nitrogen and oxygen atoms in total. The topological polar surface area (TPSA) is 145 Å². The number of carboxylic acids is 2. The number of carbonyl (C=O) groups excluding carboxylic acids is 1. The average Bonchev–Trinajstić information content (AvgIpc) is 3.22. The van der Waals surface area contributed by atoms with E-state index in [4.69, 9.17) is 10.2 Å². The molecule has 3 N–H and O–H groups in total. The third-order valence-electron chi connectivity index (χ3n) is 11.1. The number of hydrogen-bond acceptors (Lipinski definition) is 7. The molecule has 2 saturated heterocycles. The first-order valence-corrected chi connectivity index (χ1v) is 15.9. The number of nitrogens with one attached hydrogen (secondary N) is 1. The van der Waals surface area contributed by atoms with Gasteiger partial charge in [0.2, 0.25) is 0 Å². The van der Waals surface area contributed by atoms with E-state index in [1.165, 1.54) is 43.4 Å². The standard InChI is InChI=1S/C32H41N5O6/c38-27(39)17-35(18-28(40)41)8-7-33-30(42)29-31(43)36(26-4-2-1-3-25(26)34-29)24-12-22-5-6-23(13-24)37(22)32-14-19-9-20(15-32)11-21(10-19)16-32/h1-4,19-24H,5-18H2,(H,33,42)(H,38,39)(H,40,41)/t19?,20?,21?,22-,23+,24+,32?. The predicted molar refractivity (Wildman–Crippen MR) is 158 cm³/mol. The quantitative estimate of drug-likeness (QED) is 0.380. The fourth-order valence-electron chi connectivity index (χ4n) is 10.2. The fraction of sp³-hybridized carbons (Fsp3) is 0.656. The molecular formula is C32H41N5O6. The van der Waals surface area contributed by atoms with Gasteiger partial charge in [-0.2, -0.15) is 0 Å². The summed E-state index contributed by atoms with van der Waals surface area (Å²) in [4.78, 5) is 58.1. The Morgan fingerprint density at radius 1 is 0.884 bits per heavy atom. The second-order valence-electron chi connectivity index (χ2n) is 13.9. The first-order valence-electron chi connectivity index (χ1n) is 15.9. The molecule has 6 aliphatic rings. The van der Waals surface area contributed by atoms with E-state index in [2.05, 4.69) is 15.2 Å². The number of benzene rings is 1. The Morgan fingerprint density at radius 2 is 1.47 bits per heavy atom. The van der Waals surface area contributed by atoms with E-state index in [1.54, 1.807) is 0 Å². The Bertz CT molecular complexity index is 1440. The highest BCUT2D eigenvalue weighted by Crippen LogP contribution is 2.61. The lowest BCUT2D eigenvalue weighted by atomic mass is 9.52. The number of rotatable bonds is 10. The van der Waals surface area contributed by atoms with E-state index >= 15 is 0 Å². The van der Waals surface area contributed by atoms with Crippen LogP contribution in [-0.4, -0.2) is 91.2 Å². The van der Waals surface area contributed by atoms with Gasteiger partial charge in [0.15, 0.2) is 5.69 Å². The highest BCUT2D eigenvalue weighted by atomic mass is 16.4. The molecule has 4 saturated carbocycles. The van der Waals surface area contributed by atoms with Crippen molar-refractivity contribution in [2.45, 2.75) is 87.9 Å². The predicted octanol–water partition coefficient (Wildman–Crippen LogP) is 2.73. The number of amides is 1. The zero-order chi connectivity index (χ0) is 29.9. The number of para-hydroxylation sites is 2. The van der Waals surface area contributed by atoms with Crippen molar-refractivity contribution in [3.63, 3.8) is 0 Å². The van der Waals surface area contributed by atoms with Gasteiger partial charge in [0.25, 0.3) is 11.5 Å². The first-order chi connectivity index (χ1) is 20.7. The Morgan fingerprint density at radius 3 is 2.05 bits per heavy atom. The summed E-state index contributed by atoms with van der Waals surface area (Å²) in [5.41, 5.74) is 1.08. The van der Waals surface area contributed by atoms with E-state index in [9.17, 15) is 19.2 Å². The molecule has 2 aliphatic heterocycles. The Hall–Kier alpha value is -3.31. The SMILES string of the molecule is O=C(O)CN(CCNC(=O)c1nc2ccccc2n([C@H]2C[C@H]3CC[C@@H](C2)N3C23CC4CC(CC(C4)C2)C3)c1=O)CC(=O)O. The average molecular weight is 592 g/mol. The van der Waals surface area contributed by atoms with Crippen LogP contribution in [0.5, 0.6) is 0 Å². The maximum absolute atomic E-state index is 14.0. The normalized spacial score (nSPS) is 32.9. The van der Waals surface area contributed by atoms with Gasteiger partial charge in [0.1, 0.15) is 0 Å². The second kappa shape index (κ2) is 11.0. The molecular weight excluding hydrogens is 550 g/mol. The molecule has 1 aromatic carbocycles. The molecule has 230 valence electrons. The van der Waals surface area contributed by atoms with Crippen LogP contribution in [0.2, 0.25) is 0 Å². The minimum atomic E-state index is -1.16. The molecule has 0 spiro atoms. The van der Waals surface area contributed by atoms with Crippen LogP contribution >= 0.6 is 0 Å². The van der Waals surface area contributed by atoms with Crippen molar-refractivity contribution in [3.05, 3.63) is 40.3 Å². The molecule has 8 rings (SSSR count). The van der Waals surface area contributed by atoms with Crippen LogP contribution < -0.4 is 10.9 Å². The lowest BCUT2D eigenvalue weighted by Gasteiger charge is -2.63. The molecule has 43 heavy (non-hydrogen) atoms. The molecule has 3 heterocycles. The summed E-state index contributed by atoms with van der Waals surface area (Å²) in [6.07, 6.45) is 12.4. The van der Waals surface area contributed by atoms with Gasteiger partial charge in [-0.15, -0.1) is 0 Å². The van der Waals surface area contributed by atoms with Crippen molar-refractivity contribution in [3.8, 4) is 0 Å². The van der Waals surface area contributed by atoms with Crippen molar-refractivity contribution in [1.29, 1.82) is 0 Å². The zero-order valence-corrected chi connectivity index (χ0v) is 24.5. The summed E-state index contributed by atoms with van der Waals surface area (Å²) in [5.74, 6) is -0.293. The number of carboxylic acid groups (broad SMARTS) is 2. The van der Waals surface area contributed by atoms with Crippen LogP contribution in [0.3, 0.4) is 0 Å². The van der Waals surface area contributed by atoms with Gasteiger partial charge in [-0.1, -0.05) is 12.1 Å². The van der Waals surface area contributed by atoms with Crippen LogP contribution in [0, 0.1) is 17.8 Å². The van der Waals surface area contributed by atoms with E-state index < -0.39 is 36.5 Å². The zero-order valence-electron chi connectivity index (χ0n) is 24.5. The summed E-state index contributed by atoms with van der Waals surface area (Å²) in [7, 11) is 0. The van der Waals surface area contributed by atoms with Crippen molar-refractivity contribution >= 4 is 28.9 Å². The maximum Gasteiger partial charge on any atom is 0.317 e. The minimum Gasteiger partial charge on any atom is -0.480 e. The number of aliphatic carboxylic acids is 2. The molecule has 6 fully saturated rings. The molecule has 4 aliphatic carbocycles. The van der Waals surface area contributed by atoms with Crippen LogP contribution in [0.1, 0.15) is 80.7 Å². The van der Waals surface area contributed by atoms with E-state index in [0.29, 0.717) is 23.1 Å². The lowest BCUT2D eigenvalue weighted by Crippen LogP contribution is -2.64. The highest BCUT2D eigenvalue weighted by Gasteiger charge is 2.58. The van der Waals surface area contributed by atoms with Crippen molar-refractivity contribution in [2.24, 2.45) is 17.8 Å². The largest absolute Gasteiger partial charge is 0.480 e. The number of nitrogens with zero attached hydrogens (tertiary/aromatic N) is 4. The van der Waals surface area contributed by atoms with Crippen molar-refractivity contribution in [1.82, 2.24) is 24.7 Å². The minimum absolute atomic E-state index is 0.0122. The van der Waals surface area contributed by atoms with Gasteiger partial charge in [0, 0.05) is 36.8 Å². The maximum atomic E-state index is 14.0. The Labute approximate surface area is 250 Å². The summed E-state index contributed by atoms with van der Waals surface area (Å²) >= 11 is 0. The summed E-state index contributed by atoms with van der Waals surface area (Å²) in [6.45, 7) is -0.930. The summed E-state index contributed by atoms with van der Waals surface area (Å²) in [6, 6.07) is 8.36. The third-order valence-corrected chi connectivity index (χ3v) is 11.1.